The molecule has 0 heterocycles. The molecule has 4 aromatic carbocycles. The molecular weight excluding hydrogens is 626 g/mol. The van der Waals surface area contributed by atoms with Gasteiger partial charge in [0.05, 0.1) is 24.8 Å². The van der Waals surface area contributed by atoms with Crippen LogP contribution in [-0.4, -0.2) is 58.5 Å². The molecule has 242 valence electrons. The van der Waals surface area contributed by atoms with Crippen LogP contribution in [0.3, 0.4) is 0 Å². The molecular formula is C35H38ClN3O6S. The summed E-state index contributed by atoms with van der Waals surface area (Å²) >= 11 is 6.29. The monoisotopic (exact) mass is 663 g/mol. The first kappa shape index (κ1) is 34.3. The number of nitrogens with zero attached hydrogens (tertiary/aromatic N) is 2. The maximum absolute atomic E-state index is 14.5. The molecule has 0 saturated carbocycles. The van der Waals surface area contributed by atoms with Gasteiger partial charge < -0.3 is 19.7 Å². The van der Waals surface area contributed by atoms with Gasteiger partial charge in [-0.3, -0.25) is 13.9 Å². The number of ether oxygens (including phenoxy) is 2. The lowest BCUT2D eigenvalue weighted by atomic mass is 10.0. The van der Waals surface area contributed by atoms with E-state index in [2.05, 4.69) is 5.32 Å². The maximum atomic E-state index is 14.5. The molecule has 0 unspecified atom stereocenters. The molecule has 0 spiro atoms. The van der Waals surface area contributed by atoms with Gasteiger partial charge in [-0.1, -0.05) is 71.8 Å². The van der Waals surface area contributed by atoms with Gasteiger partial charge in [0.1, 0.15) is 12.6 Å². The van der Waals surface area contributed by atoms with Crippen molar-refractivity contribution in [1.29, 1.82) is 0 Å². The van der Waals surface area contributed by atoms with E-state index in [9.17, 15) is 18.0 Å². The molecule has 0 aliphatic rings. The van der Waals surface area contributed by atoms with Crippen molar-refractivity contribution in [2.24, 2.45) is 0 Å². The number of hydrogen-bond donors (Lipinski definition) is 1. The maximum Gasteiger partial charge on any atom is 0.264 e. The zero-order chi connectivity index (χ0) is 33.3. The smallest absolute Gasteiger partial charge is 0.264 e. The second kappa shape index (κ2) is 15.6. The predicted octanol–water partition coefficient (Wildman–Crippen LogP) is 5.64. The number of rotatable bonds is 14. The number of sulfonamides is 1. The molecule has 0 bridgehead atoms. The van der Waals surface area contributed by atoms with E-state index in [0.29, 0.717) is 22.9 Å². The highest BCUT2D eigenvalue weighted by Gasteiger charge is 2.35. The second-order valence-electron chi connectivity index (χ2n) is 10.6. The van der Waals surface area contributed by atoms with Gasteiger partial charge in [0.15, 0.2) is 11.5 Å². The SMILES string of the molecule is CCNC(=O)[C@H](Cc1ccccc1)N(Cc1cccc(Cl)c1)C(=O)CN(c1ccc(C)cc1)S(=O)(=O)c1ccc(OC)c(OC)c1. The molecule has 1 atom stereocenters. The van der Waals surface area contributed by atoms with E-state index in [-0.39, 0.29) is 35.2 Å². The van der Waals surface area contributed by atoms with Gasteiger partial charge in [-0.15, -0.1) is 0 Å². The highest BCUT2D eigenvalue weighted by molar-refractivity contribution is 7.92. The number of carbonyl (C=O) groups is 2. The van der Waals surface area contributed by atoms with Crippen LogP contribution in [0, 0.1) is 6.92 Å². The molecule has 4 rings (SSSR count). The van der Waals surface area contributed by atoms with Crippen LogP contribution in [-0.2, 0) is 32.6 Å². The van der Waals surface area contributed by atoms with Crippen LogP contribution in [0.5, 0.6) is 11.5 Å². The lowest BCUT2D eigenvalue weighted by Gasteiger charge is -2.34. The van der Waals surface area contributed by atoms with Gasteiger partial charge in [0.25, 0.3) is 10.0 Å². The Morgan fingerprint density at radius 2 is 1.52 bits per heavy atom. The summed E-state index contributed by atoms with van der Waals surface area (Å²) in [5, 5.41) is 3.32. The lowest BCUT2D eigenvalue weighted by molar-refractivity contribution is -0.140. The topological polar surface area (TPSA) is 105 Å². The van der Waals surface area contributed by atoms with E-state index < -0.39 is 28.5 Å². The third-order valence-electron chi connectivity index (χ3n) is 7.41. The summed E-state index contributed by atoms with van der Waals surface area (Å²) in [4.78, 5) is 29.4. The Morgan fingerprint density at radius 3 is 2.15 bits per heavy atom. The minimum Gasteiger partial charge on any atom is -0.493 e. The number of halogens is 1. The van der Waals surface area contributed by atoms with E-state index in [1.807, 2.05) is 43.3 Å². The summed E-state index contributed by atoms with van der Waals surface area (Å²) < 4.78 is 40.3. The minimum absolute atomic E-state index is 0.0200. The highest BCUT2D eigenvalue weighted by Crippen LogP contribution is 2.32. The molecule has 1 N–H and O–H groups in total. The molecule has 9 nitrogen and oxygen atoms in total. The van der Waals surface area contributed by atoms with Crippen molar-refractivity contribution in [1.82, 2.24) is 10.2 Å². The normalized spacial score (nSPS) is 11.8. The molecule has 0 radical (unpaired) electrons. The van der Waals surface area contributed by atoms with Crippen molar-refractivity contribution in [3.63, 3.8) is 0 Å². The Balaban J connectivity index is 1.82. The van der Waals surface area contributed by atoms with E-state index in [4.69, 9.17) is 21.1 Å². The van der Waals surface area contributed by atoms with Crippen molar-refractivity contribution < 1.29 is 27.5 Å². The fourth-order valence-corrected chi connectivity index (χ4v) is 6.67. The van der Waals surface area contributed by atoms with Crippen molar-refractivity contribution in [2.75, 3.05) is 31.6 Å². The number of amides is 2. The van der Waals surface area contributed by atoms with E-state index >= 15 is 0 Å². The fraction of sp³-hybridized carbons (Fsp3) is 0.257. The summed E-state index contributed by atoms with van der Waals surface area (Å²) in [6.45, 7) is 3.48. The molecule has 0 fully saturated rings. The Bertz CT molecular complexity index is 1750. The first-order valence-corrected chi connectivity index (χ1v) is 16.6. The van der Waals surface area contributed by atoms with Crippen LogP contribution in [0.4, 0.5) is 5.69 Å². The van der Waals surface area contributed by atoms with Crippen LogP contribution in [0.2, 0.25) is 5.02 Å². The number of hydrogen-bond acceptors (Lipinski definition) is 6. The average Bonchev–Trinajstić information content (AvgIpc) is 3.05. The quantitative estimate of drug-likeness (QED) is 0.187. The van der Waals surface area contributed by atoms with Crippen LogP contribution in [0.15, 0.2) is 102 Å². The Kier molecular flexibility index (Phi) is 11.7. The molecule has 0 aromatic heterocycles. The van der Waals surface area contributed by atoms with Gasteiger partial charge in [0, 0.05) is 30.6 Å². The van der Waals surface area contributed by atoms with Gasteiger partial charge in [-0.2, -0.15) is 0 Å². The van der Waals surface area contributed by atoms with Crippen molar-refractivity contribution in [2.45, 2.75) is 37.8 Å². The highest BCUT2D eigenvalue weighted by atomic mass is 35.5. The third-order valence-corrected chi connectivity index (χ3v) is 9.41. The van der Waals surface area contributed by atoms with Gasteiger partial charge in [0.2, 0.25) is 11.8 Å². The van der Waals surface area contributed by atoms with E-state index in [0.717, 1.165) is 15.4 Å². The standard InChI is InChI=1S/C35H38ClN3O6S/c1-5-37-35(41)31(21-26-10-7-6-8-11-26)38(23-27-12-9-13-28(36)20-27)34(40)24-39(29-16-14-25(2)15-17-29)46(42,43)30-18-19-32(44-3)33(22-30)45-4/h6-20,22,31H,5,21,23-24H2,1-4H3,(H,37,41)/t31-/m0/s1. The predicted molar refractivity (Wildman–Crippen MR) is 180 cm³/mol. The Hall–Kier alpha value is -4.54. The Labute approximate surface area is 275 Å². The van der Waals surface area contributed by atoms with Crippen molar-refractivity contribution in [3.8, 4) is 11.5 Å². The summed E-state index contributed by atoms with van der Waals surface area (Å²) in [5.74, 6) is -0.346. The van der Waals surface area contributed by atoms with Gasteiger partial charge in [-0.25, -0.2) is 8.42 Å². The molecule has 4 aromatic rings. The second-order valence-corrected chi connectivity index (χ2v) is 12.9. The van der Waals surface area contributed by atoms with Crippen molar-refractivity contribution in [3.05, 3.63) is 119 Å². The van der Waals surface area contributed by atoms with E-state index in [1.54, 1.807) is 49.4 Å². The summed E-state index contributed by atoms with van der Waals surface area (Å²) in [6, 6.07) is 26.5. The molecule has 11 heteroatoms. The minimum atomic E-state index is -4.32. The van der Waals surface area contributed by atoms with Crippen LogP contribution in [0.1, 0.15) is 23.6 Å². The zero-order valence-corrected chi connectivity index (χ0v) is 27.8. The van der Waals surface area contributed by atoms with Gasteiger partial charge >= 0.3 is 0 Å². The molecule has 0 aliphatic heterocycles. The number of carbonyl (C=O) groups excluding carboxylic acids is 2. The number of aryl methyl sites for hydroxylation is 1. The van der Waals surface area contributed by atoms with E-state index in [1.165, 1.54) is 37.3 Å². The summed E-state index contributed by atoms with van der Waals surface area (Å²) in [5.41, 5.74) is 2.73. The lowest BCUT2D eigenvalue weighted by Crippen LogP contribution is -2.53. The third kappa shape index (κ3) is 8.38. The average molecular weight is 664 g/mol. The zero-order valence-electron chi connectivity index (χ0n) is 26.3. The van der Waals surface area contributed by atoms with Crippen LogP contribution >= 0.6 is 11.6 Å². The van der Waals surface area contributed by atoms with Crippen LogP contribution < -0.4 is 19.1 Å². The molecule has 2 amide bonds. The number of methoxy groups -OCH3 is 2. The van der Waals surface area contributed by atoms with Gasteiger partial charge in [-0.05, 0) is 61.4 Å². The number of likely N-dealkylation sites (N-methyl/N-ethyl adjacent to an activating group) is 1. The van der Waals surface area contributed by atoms with Crippen LogP contribution in [0.25, 0.3) is 0 Å². The molecule has 0 saturated heterocycles. The summed E-state index contributed by atoms with van der Waals surface area (Å²) in [7, 11) is -1.45. The molecule has 46 heavy (non-hydrogen) atoms. The number of anilines is 1. The fourth-order valence-electron chi connectivity index (χ4n) is 5.02. The first-order chi connectivity index (χ1) is 22.1. The number of benzene rings is 4. The largest absolute Gasteiger partial charge is 0.493 e. The molecule has 0 aliphatic carbocycles. The Morgan fingerprint density at radius 1 is 0.848 bits per heavy atom. The summed E-state index contributed by atoms with van der Waals surface area (Å²) in [6.07, 6.45) is 0.214. The van der Waals surface area contributed by atoms with Crippen molar-refractivity contribution >= 4 is 39.1 Å². The number of nitrogens with one attached hydrogen (secondary N) is 1. The first-order valence-electron chi connectivity index (χ1n) is 14.7.